The van der Waals surface area contributed by atoms with Crippen molar-refractivity contribution >= 4 is 10.9 Å². The molecule has 31 heavy (non-hydrogen) atoms. The average molecular weight is 408 g/mol. The number of fused-ring (bicyclic) bond motifs is 1. The summed E-state index contributed by atoms with van der Waals surface area (Å²) in [6.07, 6.45) is 3.22. The maximum absolute atomic E-state index is 11.3. The van der Waals surface area contributed by atoms with Crippen LogP contribution in [-0.2, 0) is 6.42 Å². The Labute approximate surface area is 178 Å². The molecule has 0 bridgehead atoms. The number of aromatic amines is 2. The van der Waals surface area contributed by atoms with Gasteiger partial charge in [-0.25, -0.2) is 9.78 Å². The molecule has 2 N–H and O–H groups in total. The van der Waals surface area contributed by atoms with Gasteiger partial charge in [0.2, 0.25) is 5.82 Å². The number of nitrogens with zero attached hydrogens (tertiary/aromatic N) is 2. The van der Waals surface area contributed by atoms with Crippen LogP contribution in [0.15, 0.2) is 76.0 Å². The number of hydrogen-bond donors (Lipinski definition) is 2. The van der Waals surface area contributed by atoms with Gasteiger partial charge in [-0.1, -0.05) is 53.7 Å². The van der Waals surface area contributed by atoms with Gasteiger partial charge in [0.05, 0.1) is 5.69 Å². The minimum atomic E-state index is -0.586. The van der Waals surface area contributed by atoms with Crippen molar-refractivity contribution in [2.75, 3.05) is 0 Å². The standard InChI is InChI=1S/C25H20N4O2/c30-25-28-24(29-31-25)21-8-4-7-18(26-21)14-20-19-12-11-17(15-9-10-15)13-22(19)27-23(20)16-5-2-1-3-6-16/h1-8,11-13,15,27H,9-10,14H2,(H,28,29,30). The predicted molar refractivity (Wildman–Crippen MR) is 119 cm³/mol. The molecule has 1 saturated carbocycles. The Kier molecular flexibility index (Phi) is 4.09. The molecule has 2 aromatic carbocycles. The molecule has 1 fully saturated rings. The van der Waals surface area contributed by atoms with Crippen molar-refractivity contribution in [3.8, 4) is 22.8 Å². The first-order valence-electron chi connectivity index (χ1n) is 10.5. The van der Waals surface area contributed by atoms with Crippen LogP contribution in [0.1, 0.15) is 35.6 Å². The highest BCUT2D eigenvalue weighted by atomic mass is 16.5. The fraction of sp³-hybridized carbons (Fsp3) is 0.160. The van der Waals surface area contributed by atoms with Crippen molar-refractivity contribution in [3.05, 3.63) is 94.1 Å². The zero-order valence-corrected chi connectivity index (χ0v) is 16.8. The Bertz CT molecular complexity index is 1440. The van der Waals surface area contributed by atoms with Gasteiger partial charge < -0.3 is 4.98 Å². The van der Waals surface area contributed by atoms with Gasteiger partial charge in [-0.3, -0.25) is 9.51 Å². The van der Waals surface area contributed by atoms with E-state index in [-0.39, 0.29) is 0 Å². The van der Waals surface area contributed by atoms with E-state index in [4.69, 9.17) is 4.98 Å². The van der Waals surface area contributed by atoms with E-state index in [1.54, 1.807) is 0 Å². The van der Waals surface area contributed by atoms with E-state index in [1.165, 1.54) is 29.4 Å². The van der Waals surface area contributed by atoms with Crippen LogP contribution in [0.5, 0.6) is 0 Å². The van der Waals surface area contributed by atoms with Gasteiger partial charge in [-0.05, 0) is 53.6 Å². The molecule has 152 valence electrons. The van der Waals surface area contributed by atoms with Crippen molar-refractivity contribution in [3.63, 3.8) is 0 Å². The van der Waals surface area contributed by atoms with Crippen LogP contribution < -0.4 is 5.76 Å². The molecule has 0 spiro atoms. The van der Waals surface area contributed by atoms with E-state index in [0.29, 0.717) is 23.9 Å². The lowest BCUT2D eigenvalue weighted by Crippen LogP contribution is -1.98. The van der Waals surface area contributed by atoms with Gasteiger partial charge in [0, 0.05) is 23.0 Å². The lowest BCUT2D eigenvalue weighted by atomic mass is 9.99. The number of benzene rings is 2. The van der Waals surface area contributed by atoms with Crippen molar-refractivity contribution in [2.24, 2.45) is 0 Å². The molecule has 1 aliphatic carbocycles. The minimum absolute atomic E-state index is 0.336. The quantitative estimate of drug-likeness (QED) is 0.426. The maximum atomic E-state index is 11.3. The van der Waals surface area contributed by atoms with Gasteiger partial charge in [0.15, 0.2) is 0 Å². The largest absolute Gasteiger partial charge is 0.439 e. The van der Waals surface area contributed by atoms with E-state index >= 15 is 0 Å². The Morgan fingerprint density at radius 1 is 0.968 bits per heavy atom. The van der Waals surface area contributed by atoms with Crippen LogP contribution in [0.2, 0.25) is 0 Å². The SMILES string of the molecule is O=c1[nH]c(-c2cccc(Cc3c(-c4ccccc4)[nH]c4cc(C5CC5)ccc34)n2)no1. The molecular weight excluding hydrogens is 388 g/mol. The highest BCUT2D eigenvalue weighted by Crippen LogP contribution is 2.42. The Morgan fingerprint density at radius 3 is 2.61 bits per heavy atom. The Hall–Kier alpha value is -3.93. The van der Waals surface area contributed by atoms with E-state index in [9.17, 15) is 4.79 Å². The molecule has 1 aliphatic rings. The molecule has 6 nitrogen and oxygen atoms in total. The fourth-order valence-corrected chi connectivity index (χ4v) is 4.21. The minimum Gasteiger partial charge on any atom is -0.354 e. The third kappa shape index (κ3) is 3.36. The number of H-pyrrole nitrogens is 2. The average Bonchev–Trinajstić information content (AvgIpc) is 3.48. The summed E-state index contributed by atoms with van der Waals surface area (Å²) in [7, 11) is 0. The zero-order chi connectivity index (χ0) is 20.8. The van der Waals surface area contributed by atoms with Crippen LogP contribution in [0.3, 0.4) is 0 Å². The molecule has 0 saturated heterocycles. The fourth-order valence-electron chi connectivity index (χ4n) is 4.21. The summed E-state index contributed by atoms with van der Waals surface area (Å²) in [5.41, 5.74) is 7.53. The predicted octanol–water partition coefficient (Wildman–Crippen LogP) is 5.04. The summed E-state index contributed by atoms with van der Waals surface area (Å²) in [5.74, 6) is 0.457. The number of pyridine rings is 1. The molecule has 6 rings (SSSR count). The number of rotatable bonds is 5. The highest BCUT2D eigenvalue weighted by molar-refractivity contribution is 5.91. The second-order valence-electron chi connectivity index (χ2n) is 8.06. The van der Waals surface area contributed by atoms with E-state index in [0.717, 1.165) is 22.5 Å². The normalized spacial score (nSPS) is 13.7. The van der Waals surface area contributed by atoms with Crippen molar-refractivity contribution in [1.29, 1.82) is 0 Å². The maximum Gasteiger partial charge on any atom is 0.439 e. The smallest absolute Gasteiger partial charge is 0.354 e. The lowest BCUT2D eigenvalue weighted by Gasteiger charge is -2.07. The second-order valence-corrected chi connectivity index (χ2v) is 8.06. The summed E-state index contributed by atoms with van der Waals surface area (Å²) >= 11 is 0. The van der Waals surface area contributed by atoms with Crippen molar-refractivity contribution in [2.45, 2.75) is 25.2 Å². The summed E-state index contributed by atoms with van der Waals surface area (Å²) in [6, 6.07) is 22.9. The number of nitrogens with one attached hydrogen (secondary N) is 2. The second kappa shape index (κ2) is 7.09. The molecule has 3 aromatic heterocycles. The first kappa shape index (κ1) is 17.9. The molecule has 3 heterocycles. The molecule has 6 heteroatoms. The number of aromatic nitrogens is 4. The van der Waals surface area contributed by atoms with E-state index in [1.807, 2.05) is 24.3 Å². The van der Waals surface area contributed by atoms with E-state index in [2.05, 4.69) is 62.1 Å². The third-order valence-electron chi connectivity index (χ3n) is 5.89. The summed E-state index contributed by atoms with van der Waals surface area (Å²) in [6.45, 7) is 0. The Morgan fingerprint density at radius 2 is 1.84 bits per heavy atom. The van der Waals surface area contributed by atoms with Gasteiger partial charge in [0.25, 0.3) is 0 Å². The van der Waals surface area contributed by atoms with Crippen LogP contribution in [0.4, 0.5) is 0 Å². The number of hydrogen-bond acceptors (Lipinski definition) is 4. The van der Waals surface area contributed by atoms with Gasteiger partial charge in [-0.2, -0.15) is 0 Å². The van der Waals surface area contributed by atoms with Crippen molar-refractivity contribution in [1.82, 2.24) is 20.1 Å². The molecule has 0 aliphatic heterocycles. The summed E-state index contributed by atoms with van der Waals surface area (Å²) in [5, 5.41) is 4.97. The molecule has 0 radical (unpaired) electrons. The van der Waals surface area contributed by atoms with Crippen LogP contribution in [0.25, 0.3) is 33.7 Å². The topological polar surface area (TPSA) is 87.6 Å². The monoisotopic (exact) mass is 408 g/mol. The third-order valence-corrected chi connectivity index (χ3v) is 5.89. The van der Waals surface area contributed by atoms with Gasteiger partial charge >= 0.3 is 5.76 Å². The van der Waals surface area contributed by atoms with Crippen LogP contribution in [0, 0.1) is 0 Å². The highest BCUT2D eigenvalue weighted by Gasteiger charge is 2.24. The van der Waals surface area contributed by atoms with Crippen LogP contribution >= 0.6 is 0 Å². The first-order chi connectivity index (χ1) is 15.2. The summed E-state index contributed by atoms with van der Waals surface area (Å²) in [4.78, 5) is 22.3. The molecule has 0 atom stereocenters. The molecular formula is C25H20N4O2. The Balaban J connectivity index is 1.46. The van der Waals surface area contributed by atoms with Gasteiger partial charge in [-0.15, -0.1) is 0 Å². The van der Waals surface area contributed by atoms with Gasteiger partial charge in [0.1, 0.15) is 5.69 Å². The van der Waals surface area contributed by atoms with Crippen LogP contribution in [-0.4, -0.2) is 20.1 Å². The first-order valence-corrected chi connectivity index (χ1v) is 10.5. The molecule has 0 unspecified atom stereocenters. The lowest BCUT2D eigenvalue weighted by molar-refractivity contribution is 0.387. The van der Waals surface area contributed by atoms with Crippen molar-refractivity contribution < 1.29 is 4.52 Å². The van der Waals surface area contributed by atoms with E-state index < -0.39 is 5.76 Å². The zero-order valence-electron chi connectivity index (χ0n) is 16.8. The molecule has 0 amide bonds. The molecule has 5 aromatic rings. The summed E-state index contributed by atoms with van der Waals surface area (Å²) < 4.78 is 4.63.